The summed E-state index contributed by atoms with van der Waals surface area (Å²) in [5.41, 5.74) is -1.33. The van der Waals surface area contributed by atoms with Gasteiger partial charge in [-0.05, 0) is 13.8 Å². The largest absolute Gasteiger partial charge is 0.466 e. The second-order valence-electron chi connectivity index (χ2n) is 3.67. The summed E-state index contributed by atoms with van der Waals surface area (Å²) >= 11 is 0. The Morgan fingerprint density at radius 3 is 2.68 bits per heavy atom. The number of rotatable bonds is 5. The second kappa shape index (κ2) is 6.17. The van der Waals surface area contributed by atoms with Crippen LogP contribution in [0, 0.1) is 17.0 Å². The number of pyridine rings is 1. The summed E-state index contributed by atoms with van der Waals surface area (Å²) in [6, 6.07) is 0.752. The SMILES string of the molecule is CCOC(=O)Cc1nc(C)c([N+](=O)[O-])cc1C(F)F. The third-order valence-electron chi connectivity index (χ3n) is 2.35. The van der Waals surface area contributed by atoms with Crippen LogP contribution in [-0.2, 0) is 16.0 Å². The van der Waals surface area contributed by atoms with Gasteiger partial charge in [0.05, 0.1) is 23.6 Å². The van der Waals surface area contributed by atoms with Gasteiger partial charge in [-0.25, -0.2) is 13.8 Å². The first-order valence-electron chi connectivity index (χ1n) is 5.45. The van der Waals surface area contributed by atoms with Gasteiger partial charge in [-0.3, -0.25) is 14.9 Å². The van der Waals surface area contributed by atoms with E-state index >= 15 is 0 Å². The molecule has 1 heterocycles. The molecule has 0 aliphatic rings. The third-order valence-corrected chi connectivity index (χ3v) is 2.35. The van der Waals surface area contributed by atoms with Crippen molar-refractivity contribution in [3.63, 3.8) is 0 Å². The minimum absolute atomic E-state index is 0.0197. The van der Waals surface area contributed by atoms with Crippen LogP contribution in [0.15, 0.2) is 6.07 Å². The van der Waals surface area contributed by atoms with Gasteiger partial charge >= 0.3 is 5.97 Å². The maximum atomic E-state index is 12.8. The van der Waals surface area contributed by atoms with Gasteiger partial charge in [0.1, 0.15) is 5.69 Å². The fourth-order valence-corrected chi connectivity index (χ4v) is 1.52. The van der Waals surface area contributed by atoms with Crippen LogP contribution >= 0.6 is 0 Å². The average Bonchev–Trinajstić information content (AvgIpc) is 2.28. The minimum atomic E-state index is -2.95. The number of nitro groups is 1. The highest BCUT2D eigenvalue weighted by atomic mass is 19.3. The quantitative estimate of drug-likeness (QED) is 0.467. The lowest BCUT2D eigenvalue weighted by Gasteiger charge is -2.09. The molecule has 0 amide bonds. The molecule has 0 aliphatic carbocycles. The molecule has 0 aromatic carbocycles. The molecule has 8 heteroatoms. The summed E-state index contributed by atoms with van der Waals surface area (Å²) in [5, 5.41) is 10.7. The molecule has 0 saturated carbocycles. The second-order valence-corrected chi connectivity index (χ2v) is 3.67. The van der Waals surface area contributed by atoms with E-state index in [1.54, 1.807) is 6.92 Å². The number of hydrogen-bond donors (Lipinski definition) is 0. The highest BCUT2D eigenvalue weighted by molar-refractivity contribution is 5.72. The third kappa shape index (κ3) is 3.67. The highest BCUT2D eigenvalue weighted by Crippen LogP contribution is 2.28. The van der Waals surface area contributed by atoms with Crippen molar-refractivity contribution in [1.82, 2.24) is 4.98 Å². The van der Waals surface area contributed by atoms with Crippen molar-refractivity contribution >= 4 is 11.7 Å². The van der Waals surface area contributed by atoms with E-state index in [0.29, 0.717) is 0 Å². The Hall–Kier alpha value is -2.12. The maximum absolute atomic E-state index is 12.8. The summed E-state index contributed by atoms with van der Waals surface area (Å²) in [6.45, 7) is 3.03. The molecule has 6 nitrogen and oxygen atoms in total. The first kappa shape index (κ1) is 14.9. The van der Waals surface area contributed by atoms with Crippen LogP contribution in [0.5, 0.6) is 0 Å². The summed E-state index contributed by atoms with van der Waals surface area (Å²) in [6.07, 6.45) is -3.39. The van der Waals surface area contributed by atoms with Crippen molar-refractivity contribution in [2.24, 2.45) is 0 Å². The van der Waals surface area contributed by atoms with Crippen LogP contribution in [-0.4, -0.2) is 22.5 Å². The zero-order valence-corrected chi connectivity index (χ0v) is 10.4. The van der Waals surface area contributed by atoms with Crippen LogP contribution in [0.2, 0.25) is 0 Å². The van der Waals surface area contributed by atoms with Crippen molar-refractivity contribution in [2.75, 3.05) is 6.61 Å². The predicted molar refractivity (Wildman–Crippen MR) is 60.9 cm³/mol. The van der Waals surface area contributed by atoms with E-state index in [2.05, 4.69) is 9.72 Å². The first-order chi connectivity index (χ1) is 8.86. The van der Waals surface area contributed by atoms with Crippen molar-refractivity contribution in [2.45, 2.75) is 26.7 Å². The van der Waals surface area contributed by atoms with E-state index in [-0.39, 0.29) is 18.0 Å². The first-order valence-corrected chi connectivity index (χ1v) is 5.45. The topological polar surface area (TPSA) is 82.3 Å². The van der Waals surface area contributed by atoms with E-state index < -0.39 is 35.0 Å². The summed E-state index contributed by atoms with van der Waals surface area (Å²) < 4.78 is 30.3. The number of aryl methyl sites for hydroxylation is 1. The van der Waals surface area contributed by atoms with E-state index in [1.807, 2.05) is 0 Å². The van der Waals surface area contributed by atoms with Gasteiger partial charge < -0.3 is 4.74 Å². The van der Waals surface area contributed by atoms with Crippen molar-refractivity contribution in [3.8, 4) is 0 Å². The lowest BCUT2D eigenvalue weighted by Crippen LogP contribution is -2.12. The number of alkyl halides is 2. The summed E-state index contributed by atoms with van der Waals surface area (Å²) in [7, 11) is 0. The number of carbonyl (C=O) groups is 1. The Morgan fingerprint density at radius 2 is 2.21 bits per heavy atom. The molecular formula is C11H12F2N2O4. The highest BCUT2D eigenvalue weighted by Gasteiger charge is 2.23. The fourth-order valence-electron chi connectivity index (χ4n) is 1.52. The van der Waals surface area contributed by atoms with Gasteiger partial charge in [0.15, 0.2) is 0 Å². The van der Waals surface area contributed by atoms with Gasteiger partial charge in [-0.15, -0.1) is 0 Å². The van der Waals surface area contributed by atoms with Crippen LogP contribution in [0.3, 0.4) is 0 Å². The molecule has 19 heavy (non-hydrogen) atoms. The van der Waals surface area contributed by atoms with Gasteiger partial charge in [0.2, 0.25) is 0 Å². The van der Waals surface area contributed by atoms with E-state index in [1.165, 1.54) is 6.92 Å². The molecule has 1 rings (SSSR count). The van der Waals surface area contributed by atoms with Crippen molar-refractivity contribution < 1.29 is 23.2 Å². The number of hydrogen-bond acceptors (Lipinski definition) is 5. The number of esters is 1. The number of ether oxygens (including phenoxy) is 1. The Kier molecular flexibility index (Phi) is 4.85. The Bertz CT molecular complexity index is 506. The molecule has 1 aromatic heterocycles. The van der Waals surface area contributed by atoms with Crippen LogP contribution < -0.4 is 0 Å². The summed E-state index contributed by atoms with van der Waals surface area (Å²) in [5.74, 6) is -0.704. The molecule has 0 aliphatic heterocycles. The Morgan fingerprint density at radius 1 is 1.58 bits per heavy atom. The molecule has 0 unspecified atom stereocenters. The smallest absolute Gasteiger partial charge is 0.311 e. The zero-order valence-electron chi connectivity index (χ0n) is 10.4. The van der Waals surface area contributed by atoms with Crippen molar-refractivity contribution in [1.29, 1.82) is 0 Å². The van der Waals surface area contributed by atoms with Gasteiger partial charge in [0.25, 0.3) is 12.1 Å². The average molecular weight is 274 g/mol. The van der Waals surface area contributed by atoms with Gasteiger partial charge in [0, 0.05) is 11.6 Å². The number of nitrogens with zero attached hydrogens (tertiary/aromatic N) is 2. The lowest BCUT2D eigenvalue weighted by molar-refractivity contribution is -0.385. The molecule has 0 radical (unpaired) electrons. The molecule has 0 saturated heterocycles. The van der Waals surface area contributed by atoms with Gasteiger partial charge in [-0.1, -0.05) is 0 Å². The van der Waals surface area contributed by atoms with E-state index in [0.717, 1.165) is 6.07 Å². The minimum Gasteiger partial charge on any atom is -0.466 e. The standard InChI is InChI=1S/C11H12F2N2O4/c1-3-19-10(16)5-8-7(11(12)13)4-9(15(17)18)6(2)14-8/h4,11H,3,5H2,1-2H3. The maximum Gasteiger partial charge on any atom is 0.311 e. The van der Waals surface area contributed by atoms with Gasteiger partial charge in [-0.2, -0.15) is 0 Å². The Labute approximate surface area is 107 Å². The molecule has 104 valence electrons. The molecule has 0 spiro atoms. The van der Waals surface area contributed by atoms with E-state index in [9.17, 15) is 23.7 Å². The van der Waals surface area contributed by atoms with Crippen LogP contribution in [0.4, 0.5) is 14.5 Å². The summed E-state index contributed by atoms with van der Waals surface area (Å²) in [4.78, 5) is 24.9. The Balaban J connectivity index is 3.19. The molecule has 1 aromatic rings. The number of aromatic nitrogens is 1. The predicted octanol–water partition coefficient (Wildman–Crippen LogP) is 2.34. The lowest BCUT2D eigenvalue weighted by atomic mass is 10.1. The normalized spacial score (nSPS) is 10.6. The monoisotopic (exact) mass is 274 g/mol. The number of halogens is 2. The van der Waals surface area contributed by atoms with Crippen molar-refractivity contribution in [3.05, 3.63) is 33.1 Å². The number of carbonyl (C=O) groups excluding carboxylic acids is 1. The molecule has 0 bridgehead atoms. The van der Waals surface area contributed by atoms with Crippen LogP contribution in [0.1, 0.15) is 30.3 Å². The zero-order chi connectivity index (χ0) is 14.6. The fraction of sp³-hybridized carbons (Fsp3) is 0.455. The molecule has 0 fully saturated rings. The van der Waals surface area contributed by atoms with E-state index in [4.69, 9.17) is 0 Å². The molecule has 0 atom stereocenters. The molecule has 0 N–H and O–H groups in total. The van der Waals surface area contributed by atoms with Crippen LogP contribution in [0.25, 0.3) is 0 Å². The molecular weight excluding hydrogens is 262 g/mol.